The Morgan fingerprint density at radius 1 is 0.485 bits per heavy atom. The van der Waals surface area contributed by atoms with Crippen LogP contribution in [0.15, 0.2) is 35.3 Å². The van der Waals surface area contributed by atoms with Crippen molar-refractivity contribution < 1.29 is 60.3 Å². The lowest BCUT2D eigenvalue weighted by Crippen LogP contribution is -2.32. The van der Waals surface area contributed by atoms with E-state index < -0.39 is 41.4 Å². The van der Waals surface area contributed by atoms with E-state index in [9.17, 15) is 18.3 Å². The predicted octanol–water partition coefficient (Wildman–Crippen LogP) is 11.0. The summed E-state index contributed by atoms with van der Waals surface area (Å²) in [5, 5.41) is 50.2. The largest absolute Gasteiger partial charge is 0.395 e. The van der Waals surface area contributed by atoms with Gasteiger partial charge in [0, 0.05) is 97.7 Å². The molecule has 4 aromatic heterocycles. The number of unbranched alkanes of at least 4 members (excludes halogenated alkanes) is 4. The van der Waals surface area contributed by atoms with E-state index in [0.29, 0.717) is 203 Å². The first kappa shape index (κ1) is 92.2. The molecule has 0 saturated carbocycles. The van der Waals surface area contributed by atoms with Crippen LogP contribution in [0.5, 0.6) is 0 Å². The number of anilines is 2. The first-order valence-electron chi connectivity index (χ1n) is 34.0. The third-order valence-corrected chi connectivity index (χ3v) is 22.4. The Morgan fingerprint density at radius 2 is 0.812 bits per heavy atom. The Hall–Kier alpha value is -4.86. The fraction of sp³-hybridized carbons (Fsp3) is 0.721. The van der Waals surface area contributed by atoms with Crippen LogP contribution < -0.4 is 10.6 Å². The molecule has 0 radical (unpaired) electrons. The van der Waals surface area contributed by atoms with Crippen LogP contribution in [-0.2, 0) is 65.0 Å². The zero-order valence-corrected chi connectivity index (χ0v) is 65.4. The van der Waals surface area contributed by atoms with Gasteiger partial charge < -0.3 is 86.0 Å². The summed E-state index contributed by atoms with van der Waals surface area (Å²) < 4.78 is 86.5. The van der Waals surface area contributed by atoms with Crippen molar-refractivity contribution in [1.82, 2.24) is 58.2 Å². The molecule has 0 saturated heterocycles. The highest BCUT2D eigenvalue weighted by molar-refractivity contribution is 7.54. The van der Waals surface area contributed by atoms with Crippen LogP contribution >= 0.6 is 65.2 Å². The van der Waals surface area contributed by atoms with Crippen molar-refractivity contribution in [2.45, 2.75) is 137 Å². The fourth-order valence-electron chi connectivity index (χ4n) is 9.78. The van der Waals surface area contributed by atoms with Gasteiger partial charge in [0.15, 0.2) is 21.8 Å². The molecular formula is C61H105Cl3N20O13P4. The van der Waals surface area contributed by atoms with Crippen molar-refractivity contribution in [2.75, 3.05) is 160 Å². The molecule has 0 spiro atoms. The van der Waals surface area contributed by atoms with Gasteiger partial charge in [0.25, 0.3) is 0 Å². The number of nitrogens with one attached hydrogen (secondary N) is 2. The number of nitriles is 4. The molecule has 6 heterocycles. The van der Waals surface area contributed by atoms with Gasteiger partial charge in [-0.25, -0.2) is 34.9 Å². The average Bonchev–Trinajstić information content (AvgIpc) is 1.70. The van der Waals surface area contributed by atoms with Gasteiger partial charge in [0.2, 0.25) is 0 Å². The lowest BCUT2D eigenvalue weighted by molar-refractivity contribution is 0.189. The van der Waals surface area contributed by atoms with Gasteiger partial charge in [0.05, 0.1) is 127 Å². The Bertz CT molecular complexity index is 3370. The van der Waals surface area contributed by atoms with Crippen LogP contribution in [0.2, 0.25) is 5.15 Å². The minimum absolute atomic E-state index is 0.0418. The topological polar surface area (TPSA) is 420 Å². The van der Waals surface area contributed by atoms with Crippen LogP contribution in [0.3, 0.4) is 0 Å². The molecule has 33 nitrogen and oxygen atoms in total. The summed E-state index contributed by atoms with van der Waals surface area (Å²) in [6.07, 6.45) is 15.1. The molecule has 568 valence electrons. The number of aliphatic hydroxyl groups is 1. The third kappa shape index (κ3) is 36.6. The third-order valence-electron chi connectivity index (χ3n) is 14.5. The summed E-state index contributed by atoms with van der Waals surface area (Å²) in [5.41, 5.74) is 1.61. The lowest BCUT2D eigenvalue weighted by atomic mass is 10.3. The number of aromatic nitrogens is 8. The van der Waals surface area contributed by atoms with Crippen molar-refractivity contribution in [1.29, 1.82) is 21.0 Å². The number of aliphatic hydroxyl groups excluding tert-OH is 1. The smallest absolute Gasteiger partial charge is 0.331 e. The van der Waals surface area contributed by atoms with E-state index >= 15 is 0 Å². The summed E-state index contributed by atoms with van der Waals surface area (Å²) in [6.45, 7) is 25.9. The molecule has 4 aromatic rings. The Kier molecular flexibility index (Phi) is 48.4. The molecule has 40 heteroatoms. The van der Waals surface area contributed by atoms with Crippen molar-refractivity contribution >= 4 is 101 Å². The molecular weight excluding hydrogens is 1450 g/mol. The van der Waals surface area contributed by atoms with E-state index in [1.54, 1.807) is 66.9 Å². The quantitative estimate of drug-likeness (QED) is 0.00901. The normalized spacial score (nSPS) is 14.0. The molecule has 2 aliphatic heterocycles. The molecule has 0 fully saturated rings. The van der Waals surface area contributed by atoms with E-state index in [4.69, 9.17) is 97.9 Å². The highest BCUT2D eigenvalue weighted by atomic mass is 35.5. The molecule has 2 unspecified atom stereocenters. The highest BCUT2D eigenvalue weighted by Crippen LogP contribution is 2.49. The second-order valence-corrected chi connectivity index (χ2v) is 31.2. The number of rotatable bonds is 47. The maximum atomic E-state index is 12.7. The molecule has 101 heavy (non-hydrogen) atoms. The molecule has 0 aromatic carbocycles. The zero-order valence-electron chi connectivity index (χ0n) is 59.6. The average molecular weight is 1560 g/mol. The van der Waals surface area contributed by atoms with Gasteiger partial charge in [-0.3, -0.25) is 18.3 Å². The van der Waals surface area contributed by atoms with E-state index in [0.717, 1.165) is 37.4 Å². The first-order chi connectivity index (χ1) is 48.6. The number of hydrogen-bond donors (Lipinski definition) is 5. The van der Waals surface area contributed by atoms with Crippen molar-refractivity contribution in [3.05, 3.63) is 41.9 Å². The highest BCUT2D eigenvalue weighted by Gasteiger charge is 2.29. The number of nitrogens with zero attached hydrogens (tertiary/aromatic N) is 18. The molecule has 0 aliphatic carbocycles. The predicted molar refractivity (Wildman–Crippen MR) is 394 cm³/mol. The maximum Gasteiger partial charge on any atom is 0.331 e. The number of aliphatic imine (C=N–C) groups is 2. The summed E-state index contributed by atoms with van der Waals surface area (Å²) in [5.74, 6) is 1.61. The summed E-state index contributed by atoms with van der Waals surface area (Å²) >= 11 is 18.3. The first-order valence-corrected chi connectivity index (χ1v) is 42.2. The van der Waals surface area contributed by atoms with Gasteiger partial charge in [-0.05, 0) is 93.4 Å². The number of hydrogen-bond acceptors (Lipinski definition) is 28. The molecule has 6 rings (SSSR count). The van der Waals surface area contributed by atoms with Crippen LogP contribution in [0.1, 0.15) is 129 Å². The van der Waals surface area contributed by atoms with E-state index in [2.05, 4.69) is 79.6 Å². The number of alkyl halides is 2. The van der Waals surface area contributed by atoms with Gasteiger partial charge in [-0.1, -0.05) is 48.7 Å². The minimum Gasteiger partial charge on any atom is -0.395 e. The SMILES string of the molecule is CC.CCOP(=O)(CCN(CCCC#N)CCn1cnc2c(Cl)ncnc21)OCC.CCOP(=O)(CCN(CCCC#N)CCn1cnc2c1NC=NC2Cl)OCC.CCOP(=O)(CCN(CCO)CCCC#N)OCC.N#CCCCN(CCn1cnc2c1NC=NC2Cl)CCP(=O)(O)O. The van der Waals surface area contributed by atoms with Crippen LogP contribution in [0.25, 0.3) is 11.2 Å². The van der Waals surface area contributed by atoms with Crippen LogP contribution in [-0.4, -0.2) is 235 Å². The standard InChI is InChI=1S/C17H28ClN6O3P.C17H26ClN6O3P.C13H20ClN6O3P.C12H25N2O4P.C2H6/c2*1-3-26-28(25,27-4-2)12-11-23(8-6-5-7-19)9-10-24-14-22-15-16(18)20-13-21-17(15)24;14-12-11-13(17-9-16-12)20(10-18-11)6-5-19(4-2-1-3-15)7-8-24(21,22)23;1-3-17-19(16,18-4-2)12-10-14(9-11-15)8-6-5-7-13;1-2/h13-14,16H,3-6,8-12H2,1-2H3,(H,20,21);13-14H,3-6,8-12H2,1-2H3;9-10,12H,1-2,4-8H2,(H,16,17)(H2,21,22,23);15H,3-6,8-12H2,1-2H3;1-2H3. The summed E-state index contributed by atoms with van der Waals surface area (Å²) in [7, 11) is -13.3. The zero-order chi connectivity index (χ0) is 75.0. The van der Waals surface area contributed by atoms with Crippen molar-refractivity contribution in [3.8, 4) is 24.3 Å². The van der Waals surface area contributed by atoms with Crippen molar-refractivity contribution in [2.24, 2.45) is 9.98 Å². The van der Waals surface area contributed by atoms with E-state index in [-0.39, 0.29) is 19.3 Å². The van der Waals surface area contributed by atoms with Crippen LogP contribution in [0.4, 0.5) is 11.6 Å². The fourth-order valence-corrected chi connectivity index (χ4v) is 15.9. The molecule has 5 N–H and O–H groups in total. The van der Waals surface area contributed by atoms with Gasteiger partial charge in [-0.15, -0.1) is 0 Å². The maximum absolute atomic E-state index is 12.7. The van der Waals surface area contributed by atoms with Gasteiger partial charge in [-0.2, -0.15) is 21.0 Å². The number of imidazole rings is 3. The molecule has 0 amide bonds. The van der Waals surface area contributed by atoms with Crippen molar-refractivity contribution in [3.63, 3.8) is 0 Å². The summed E-state index contributed by atoms with van der Waals surface area (Å²) in [6, 6.07) is 8.49. The van der Waals surface area contributed by atoms with Gasteiger partial charge in [0.1, 0.15) is 34.9 Å². The lowest BCUT2D eigenvalue weighted by Gasteiger charge is -2.25. The van der Waals surface area contributed by atoms with E-state index in [1.165, 1.54) is 12.7 Å². The second-order valence-electron chi connectivity index (χ2n) is 21.7. The second kappa shape index (κ2) is 53.0. The Balaban J connectivity index is 0.000000459. The summed E-state index contributed by atoms with van der Waals surface area (Å²) in [4.78, 5) is 55.5. The molecule has 2 aliphatic rings. The number of halogens is 3. The monoisotopic (exact) mass is 1550 g/mol. The van der Waals surface area contributed by atoms with Gasteiger partial charge >= 0.3 is 30.4 Å². The Morgan fingerprint density at radius 3 is 1.14 bits per heavy atom. The van der Waals surface area contributed by atoms with E-state index in [1.807, 2.05) is 37.3 Å². The minimum atomic E-state index is -4.04. The molecule has 0 bridgehead atoms. The number of fused-ring (bicyclic) bond motifs is 3. The Labute approximate surface area is 610 Å². The molecule has 2 atom stereocenters. The van der Waals surface area contributed by atoms with Crippen LogP contribution in [0, 0.1) is 45.3 Å².